The maximum absolute atomic E-state index is 10.7. The third-order valence-corrected chi connectivity index (χ3v) is 6.96. The summed E-state index contributed by atoms with van der Waals surface area (Å²) in [6, 6.07) is 4.76. The molecule has 0 aromatic carbocycles. The van der Waals surface area contributed by atoms with Crippen molar-refractivity contribution < 1.29 is 42.5 Å². The molecular formula is C7H3NaO3S5. The summed E-state index contributed by atoms with van der Waals surface area (Å²) < 4.78 is 32.8. The number of thiophene rings is 1. The molecule has 2 aromatic rings. The maximum atomic E-state index is 10.7. The SMILES string of the molecule is O=S(=O)([O-])c1ccc(-c2cc(=S)ss2)s1.[Na+]. The van der Waals surface area contributed by atoms with Crippen LogP contribution in [0.5, 0.6) is 0 Å². The van der Waals surface area contributed by atoms with Gasteiger partial charge in [0.25, 0.3) is 0 Å². The predicted octanol–water partition coefficient (Wildman–Crippen LogP) is 0.176. The first-order valence-electron chi connectivity index (χ1n) is 3.63. The second-order valence-corrected chi connectivity index (χ2v) is 8.17. The van der Waals surface area contributed by atoms with Gasteiger partial charge in [0.15, 0.2) is 0 Å². The van der Waals surface area contributed by atoms with Gasteiger partial charge < -0.3 is 4.55 Å². The van der Waals surface area contributed by atoms with Gasteiger partial charge in [-0.1, -0.05) is 32.9 Å². The molecule has 0 aliphatic carbocycles. The van der Waals surface area contributed by atoms with Gasteiger partial charge in [-0.2, -0.15) is 0 Å². The van der Waals surface area contributed by atoms with E-state index in [1.54, 1.807) is 12.1 Å². The van der Waals surface area contributed by atoms with Crippen molar-refractivity contribution in [2.75, 3.05) is 0 Å². The first-order chi connectivity index (χ1) is 6.97. The Bertz CT molecular complexity index is 635. The molecule has 0 fully saturated rings. The minimum Gasteiger partial charge on any atom is -0.743 e. The molecule has 0 saturated carbocycles. The van der Waals surface area contributed by atoms with Crippen molar-refractivity contribution in [3.63, 3.8) is 0 Å². The third kappa shape index (κ3) is 3.44. The van der Waals surface area contributed by atoms with Crippen molar-refractivity contribution >= 4 is 54.4 Å². The normalized spacial score (nSPS) is 11.1. The van der Waals surface area contributed by atoms with Crippen molar-refractivity contribution in [1.29, 1.82) is 0 Å². The van der Waals surface area contributed by atoms with Gasteiger partial charge in [-0.05, 0) is 18.2 Å². The predicted molar refractivity (Wildman–Crippen MR) is 64.3 cm³/mol. The van der Waals surface area contributed by atoms with E-state index < -0.39 is 10.1 Å². The number of rotatable bonds is 2. The van der Waals surface area contributed by atoms with Crippen molar-refractivity contribution in [2.45, 2.75) is 4.21 Å². The van der Waals surface area contributed by atoms with E-state index in [0.29, 0.717) is 0 Å². The largest absolute Gasteiger partial charge is 1.00 e. The van der Waals surface area contributed by atoms with E-state index in [9.17, 15) is 13.0 Å². The molecule has 0 saturated heterocycles. The average molecular weight is 318 g/mol. The minimum atomic E-state index is -4.33. The molecule has 2 rings (SSSR count). The zero-order valence-electron chi connectivity index (χ0n) is 8.00. The molecule has 9 heteroatoms. The summed E-state index contributed by atoms with van der Waals surface area (Å²) in [6.07, 6.45) is 0. The van der Waals surface area contributed by atoms with Gasteiger partial charge in [-0.3, -0.25) is 0 Å². The second kappa shape index (κ2) is 5.68. The summed E-state index contributed by atoms with van der Waals surface area (Å²) in [6.45, 7) is 0. The van der Waals surface area contributed by atoms with Crippen LogP contribution in [0, 0.1) is 3.82 Å². The molecule has 0 bridgehead atoms. The first-order valence-corrected chi connectivity index (χ1v) is 8.41. The first kappa shape index (κ1) is 14.9. The molecule has 3 nitrogen and oxygen atoms in total. The molecule has 0 spiro atoms. The molecule has 0 amide bonds. The van der Waals surface area contributed by atoms with E-state index in [1.807, 2.05) is 0 Å². The standard InChI is InChI=1S/C7H4O3S5.Na/c8-15(9,10)7-2-1-4(12-7)5-3-6(11)14-13-5;/h1-3H,(H,8,9,10);/q;+1/p-1. The van der Waals surface area contributed by atoms with Gasteiger partial charge in [0.1, 0.15) is 18.2 Å². The Morgan fingerprint density at radius 3 is 2.31 bits per heavy atom. The molecule has 0 N–H and O–H groups in total. The minimum absolute atomic E-state index is 0. The molecule has 80 valence electrons. The summed E-state index contributed by atoms with van der Waals surface area (Å²) >= 11 is 5.94. The van der Waals surface area contributed by atoms with E-state index in [4.69, 9.17) is 12.2 Å². The van der Waals surface area contributed by atoms with E-state index >= 15 is 0 Å². The summed E-state index contributed by atoms with van der Waals surface area (Å²) in [7, 11) is -1.40. The topological polar surface area (TPSA) is 57.2 Å². The Hall–Kier alpha value is 0.880. The van der Waals surface area contributed by atoms with Crippen LogP contribution < -0.4 is 29.6 Å². The van der Waals surface area contributed by atoms with Gasteiger partial charge >= 0.3 is 29.6 Å². The number of hydrogen-bond donors (Lipinski definition) is 0. The van der Waals surface area contributed by atoms with Crippen LogP contribution in [0.2, 0.25) is 0 Å². The Morgan fingerprint density at radius 1 is 1.19 bits per heavy atom. The van der Waals surface area contributed by atoms with Crippen LogP contribution in [0.1, 0.15) is 0 Å². The summed E-state index contributed by atoms with van der Waals surface area (Å²) in [5, 5.41) is 0. The second-order valence-electron chi connectivity index (χ2n) is 2.57. The Kier molecular flexibility index (Phi) is 5.30. The fraction of sp³-hybridized carbons (Fsp3) is 0. The van der Waals surface area contributed by atoms with Crippen LogP contribution in [0.15, 0.2) is 22.4 Å². The maximum Gasteiger partial charge on any atom is 1.00 e. The van der Waals surface area contributed by atoms with Crippen molar-refractivity contribution in [3.8, 4) is 9.75 Å². The number of hydrogen-bond acceptors (Lipinski definition) is 7. The molecule has 2 aromatic heterocycles. The van der Waals surface area contributed by atoms with Crippen molar-refractivity contribution in [1.82, 2.24) is 0 Å². The van der Waals surface area contributed by atoms with Crippen LogP contribution >= 0.6 is 44.2 Å². The van der Waals surface area contributed by atoms with Gasteiger partial charge in [0.05, 0.1) is 4.88 Å². The zero-order chi connectivity index (χ0) is 11.1. The monoisotopic (exact) mass is 318 g/mol. The van der Waals surface area contributed by atoms with E-state index in [2.05, 4.69) is 0 Å². The van der Waals surface area contributed by atoms with E-state index in [-0.39, 0.29) is 33.8 Å². The van der Waals surface area contributed by atoms with Gasteiger partial charge in [0.2, 0.25) is 0 Å². The molecule has 0 radical (unpaired) electrons. The molecule has 2 heterocycles. The summed E-state index contributed by atoms with van der Waals surface area (Å²) in [5.41, 5.74) is 0. The molecule has 16 heavy (non-hydrogen) atoms. The van der Waals surface area contributed by atoms with Crippen LogP contribution in [0.25, 0.3) is 9.75 Å². The van der Waals surface area contributed by atoms with Gasteiger partial charge in [0, 0.05) is 4.88 Å². The fourth-order valence-corrected chi connectivity index (χ4v) is 5.21. The van der Waals surface area contributed by atoms with Gasteiger partial charge in [-0.15, -0.1) is 11.3 Å². The molecule has 0 aliphatic rings. The molecule has 0 unspecified atom stereocenters. The van der Waals surface area contributed by atoms with E-state index in [1.165, 1.54) is 26.7 Å². The van der Waals surface area contributed by atoms with Crippen molar-refractivity contribution in [2.24, 2.45) is 0 Å². The Morgan fingerprint density at radius 2 is 1.88 bits per heavy atom. The molecule has 0 aliphatic heterocycles. The van der Waals surface area contributed by atoms with Gasteiger partial charge in [-0.25, -0.2) is 8.42 Å². The summed E-state index contributed by atoms with van der Waals surface area (Å²) in [4.78, 5) is 1.67. The molecular weight excluding hydrogens is 315 g/mol. The average Bonchev–Trinajstić information content (AvgIpc) is 2.69. The fourth-order valence-electron chi connectivity index (χ4n) is 0.940. The Labute approximate surface area is 131 Å². The van der Waals surface area contributed by atoms with Crippen LogP contribution in [-0.2, 0) is 10.1 Å². The Balaban J connectivity index is 0.00000128. The molecule has 0 atom stereocenters. The smallest absolute Gasteiger partial charge is 0.743 e. The quantitative estimate of drug-likeness (QED) is 0.343. The van der Waals surface area contributed by atoms with Crippen LogP contribution in [0.4, 0.5) is 0 Å². The zero-order valence-corrected chi connectivity index (χ0v) is 14.1. The third-order valence-electron chi connectivity index (χ3n) is 1.53. The van der Waals surface area contributed by atoms with Crippen LogP contribution in [0.3, 0.4) is 0 Å². The summed E-state index contributed by atoms with van der Waals surface area (Å²) in [5.74, 6) is 0. The van der Waals surface area contributed by atoms with E-state index in [0.717, 1.165) is 24.9 Å². The van der Waals surface area contributed by atoms with Crippen LogP contribution in [-0.4, -0.2) is 13.0 Å². The van der Waals surface area contributed by atoms with Crippen molar-refractivity contribution in [3.05, 3.63) is 22.0 Å².